The van der Waals surface area contributed by atoms with Crippen LogP contribution < -0.4 is 5.32 Å². The van der Waals surface area contributed by atoms with Crippen molar-refractivity contribution in [3.05, 3.63) is 66.4 Å². The van der Waals surface area contributed by atoms with E-state index in [9.17, 15) is 14.7 Å². The lowest BCUT2D eigenvalue weighted by Gasteiger charge is -2.18. The molecule has 2 heterocycles. The van der Waals surface area contributed by atoms with Crippen LogP contribution in [0.2, 0.25) is 0 Å². The number of carbonyl (C=O) groups excluding carboxylic acids is 2. The van der Waals surface area contributed by atoms with Gasteiger partial charge in [-0.3, -0.25) is 9.59 Å². The van der Waals surface area contributed by atoms with Crippen LogP contribution in [0.5, 0.6) is 5.75 Å². The average Bonchev–Trinajstić information content (AvgIpc) is 3.33. The summed E-state index contributed by atoms with van der Waals surface area (Å²) in [6.07, 6.45) is 1.86. The number of nitrogens with one attached hydrogen (secondary N) is 1. The lowest BCUT2D eigenvalue weighted by molar-refractivity contribution is -0.129. The molecule has 2 N–H and O–H groups in total. The lowest BCUT2D eigenvalue weighted by Crippen LogP contribution is -2.25. The third-order valence-electron chi connectivity index (χ3n) is 4.42. The molecule has 0 fully saturated rings. The third kappa shape index (κ3) is 3.92. The van der Waals surface area contributed by atoms with Crippen molar-refractivity contribution >= 4 is 28.7 Å². The number of benzene rings is 2. The number of thioether (sulfide) groups is 1. The maximum atomic E-state index is 12.3. The van der Waals surface area contributed by atoms with Crippen LogP contribution in [0.25, 0.3) is 16.9 Å². The number of hydrazone groups is 1. The molecule has 1 aliphatic heterocycles. The van der Waals surface area contributed by atoms with Crippen LogP contribution in [0.15, 0.2) is 65.9 Å². The summed E-state index contributed by atoms with van der Waals surface area (Å²) in [5.41, 5.74) is 3.06. The van der Waals surface area contributed by atoms with Crippen LogP contribution in [0.3, 0.4) is 0 Å². The molecule has 1 atom stereocenters. The molecule has 1 aromatic heterocycles. The first-order chi connectivity index (χ1) is 14.4. The minimum atomic E-state index is -0.495. The SMILES string of the molecule is CC(=O)NC1=NN(C(C)=O)C(c2cn(-c3ccccc3)nc2-c2ccc(O)cc2)S1. The zero-order valence-corrected chi connectivity index (χ0v) is 17.1. The summed E-state index contributed by atoms with van der Waals surface area (Å²) in [5.74, 6) is -0.360. The van der Waals surface area contributed by atoms with Gasteiger partial charge < -0.3 is 10.4 Å². The van der Waals surface area contributed by atoms with E-state index in [1.807, 2.05) is 36.5 Å². The molecule has 30 heavy (non-hydrogen) atoms. The van der Waals surface area contributed by atoms with E-state index in [4.69, 9.17) is 5.10 Å². The number of phenols is 1. The zero-order valence-electron chi connectivity index (χ0n) is 16.3. The quantitative estimate of drug-likeness (QED) is 0.676. The van der Waals surface area contributed by atoms with Crippen LogP contribution >= 0.6 is 11.8 Å². The monoisotopic (exact) mass is 421 g/mol. The van der Waals surface area contributed by atoms with Crippen molar-refractivity contribution in [1.29, 1.82) is 0 Å². The number of hydrogen-bond acceptors (Lipinski definition) is 6. The predicted molar refractivity (Wildman–Crippen MR) is 115 cm³/mol. The van der Waals surface area contributed by atoms with Gasteiger partial charge in [-0.1, -0.05) is 30.0 Å². The van der Waals surface area contributed by atoms with E-state index in [2.05, 4.69) is 10.4 Å². The molecule has 152 valence electrons. The Balaban J connectivity index is 1.81. The van der Waals surface area contributed by atoms with Gasteiger partial charge >= 0.3 is 0 Å². The Bertz CT molecular complexity index is 1130. The van der Waals surface area contributed by atoms with Gasteiger partial charge in [0, 0.05) is 31.2 Å². The van der Waals surface area contributed by atoms with E-state index >= 15 is 0 Å². The number of carbonyl (C=O) groups is 2. The minimum Gasteiger partial charge on any atom is -0.508 e. The van der Waals surface area contributed by atoms with Crippen molar-refractivity contribution in [2.75, 3.05) is 0 Å². The summed E-state index contributed by atoms with van der Waals surface area (Å²) in [6.45, 7) is 2.82. The fourth-order valence-electron chi connectivity index (χ4n) is 3.09. The summed E-state index contributed by atoms with van der Waals surface area (Å²) in [5, 5.41) is 22.5. The molecular weight excluding hydrogens is 402 g/mol. The van der Waals surface area contributed by atoms with Crippen molar-refractivity contribution < 1.29 is 14.7 Å². The van der Waals surface area contributed by atoms with Crippen molar-refractivity contribution in [2.45, 2.75) is 19.2 Å². The summed E-state index contributed by atoms with van der Waals surface area (Å²) in [6, 6.07) is 16.3. The second-order valence-electron chi connectivity index (χ2n) is 6.68. The molecule has 0 saturated carbocycles. The first-order valence-electron chi connectivity index (χ1n) is 9.19. The van der Waals surface area contributed by atoms with Gasteiger partial charge in [0.1, 0.15) is 11.1 Å². The smallest absolute Gasteiger partial charge is 0.241 e. The Morgan fingerprint density at radius 1 is 1.07 bits per heavy atom. The number of amidine groups is 1. The molecule has 3 aromatic rings. The summed E-state index contributed by atoms with van der Waals surface area (Å²) in [7, 11) is 0. The van der Waals surface area contributed by atoms with E-state index in [0.717, 1.165) is 16.8 Å². The summed E-state index contributed by atoms with van der Waals surface area (Å²) < 4.78 is 1.74. The number of hydrogen-bond donors (Lipinski definition) is 2. The Labute approximate surface area is 177 Å². The molecule has 0 aliphatic carbocycles. The van der Waals surface area contributed by atoms with Gasteiger partial charge in [-0.15, -0.1) is 5.10 Å². The van der Waals surface area contributed by atoms with Crippen molar-refractivity contribution in [2.24, 2.45) is 5.10 Å². The highest BCUT2D eigenvalue weighted by atomic mass is 32.2. The largest absolute Gasteiger partial charge is 0.508 e. The molecule has 0 spiro atoms. The van der Waals surface area contributed by atoms with E-state index in [1.165, 1.54) is 30.6 Å². The Morgan fingerprint density at radius 3 is 2.40 bits per heavy atom. The number of rotatable bonds is 3. The maximum Gasteiger partial charge on any atom is 0.241 e. The predicted octanol–water partition coefficient (Wildman–Crippen LogP) is 3.25. The fraction of sp³-hybridized carbons (Fsp3) is 0.143. The molecule has 1 aliphatic rings. The number of aromatic nitrogens is 2. The molecule has 4 rings (SSSR count). The summed E-state index contributed by atoms with van der Waals surface area (Å²) in [4.78, 5) is 23.7. The van der Waals surface area contributed by atoms with Gasteiger partial charge in [0.05, 0.1) is 11.4 Å². The number of amides is 2. The average molecular weight is 421 g/mol. The minimum absolute atomic E-state index is 0.152. The molecule has 0 radical (unpaired) electrons. The Morgan fingerprint density at radius 2 is 1.77 bits per heavy atom. The number of phenolic OH excluding ortho intramolecular Hbond substituents is 1. The van der Waals surface area contributed by atoms with E-state index < -0.39 is 5.37 Å². The highest BCUT2D eigenvalue weighted by molar-refractivity contribution is 8.14. The van der Waals surface area contributed by atoms with Crippen LogP contribution in [0.1, 0.15) is 24.8 Å². The molecule has 0 saturated heterocycles. The second-order valence-corrected chi connectivity index (χ2v) is 7.75. The maximum absolute atomic E-state index is 12.3. The molecule has 2 amide bonds. The molecule has 1 unspecified atom stereocenters. The molecule has 8 nitrogen and oxygen atoms in total. The van der Waals surface area contributed by atoms with Crippen LogP contribution in [-0.2, 0) is 9.59 Å². The Hall–Kier alpha value is -3.59. The van der Waals surface area contributed by atoms with E-state index in [0.29, 0.717) is 10.9 Å². The van der Waals surface area contributed by atoms with Gasteiger partial charge in [0.2, 0.25) is 11.8 Å². The standard InChI is InChI=1S/C21H19N5O3S/c1-13(27)22-21-24-26(14(2)28)20(30-21)18-12-25(16-6-4-3-5-7-16)23-19(18)15-8-10-17(29)11-9-15/h3-12,20,29H,1-2H3,(H,22,24,27). The number of nitrogens with zero attached hydrogens (tertiary/aromatic N) is 4. The first kappa shape index (κ1) is 19.7. The second kappa shape index (κ2) is 8.03. The third-order valence-corrected chi connectivity index (χ3v) is 5.50. The van der Waals surface area contributed by atoms with Gasteiger partial charge in [0.15, 0.2) is 5.17 Å². The highest BCUT2D eigenvalue weighted by Crippen LogP contribution is 2.42. The van der Waals surface area contributed by atoms with E-state index in [-0.39, 0.29) is 17.6 Å². The molecule has 0 bridgehead atoms. The zero-order chi connectivity index (χ0) is 21.3. The molecule has 9 heteroatoms. The van der Waals surface area contributed by atoms with Gasteiger partial charge in [-0.25, -0.2) is 9.69 Å². The van der Waals surface area contributed by atoms with Crippen LogP contribution in [0.4, 0.5) is 0 Å². The van der Waals surface area contributed by atoms with Crippen LogP contribution in [-0.4, -0.2) is 36.9 Å². The van der Waals surface area contributed by atoms with Crippen LogP contribution in [0, 0.1) is 0 Å². The molecular formula is C21H19N5O3S. The summed E-state index contributed by atoms with van der Waals surface area (Å²) >= 11 is 1.27. The molecule has 2 aromatic carbocycles. The van der Waals surface area contributed by atoms with Crippen molar-refractivity contribution in [3.63, 3.8) is 0 Å². The lowest BCUT2D eigenvalue weighted by atomic mass is 10.1. The Kier molecular flexibility index (Phi) is 5.28. The van der Waals surface area contributed by atoms with Crippen molar-refractivity contribution in [1.82, 2.24) is 20.1 Å². The number of para-hydroxylation sites is 1. The topological polar surface area (TPSA) is 99.8 Å². The van der Waals surface area contributed by atoms with Gasteiger partial charge in [-0.05, 0) is 36.4 Å². The number of aromatic hydroxyl groups is 1. The van der Waals surface area contributed by atoms with E-state index in [1.54, 1.807) is 28.9 Å². The fourth-order valence-corrected chi connectivity index (χ4v) is 4.23. The normalized spacial score (nSPS) is 15.7. The van der Waals surface area contributed by atoms with Gasteiger partial charge in [-0.2, -0.15) is 5.10 Å². The first-order valence-corrected chi connectivity index (χ1v) is 10.1. The highest BCUT2D eigenvalue weighted by Gasteiger charge is 2.35. The van der Waals surface area contributed by atoms with Gasteiger partial charge in [0.25, 0.3) is 0 Å². The van der Waals surface area contributed by atoms with Crippen molar-refractivity contribution in [3.8, 4) is 22.7 Å².